The number of carbonyl (C=O) groups excluding carboxylic acids is 1. The van der Waals surface area contributed by atoms with Gasteiger partial charge in [-0.15, -0.1) is 0 Å². The molecule has 2 nitrogen and oxygen atoms in total. The third-order valence-corrected chi connectivity index (χ3v) is 3.69. The summed E-state index contributed by atoms with van der Waals surface area (Å²) < 4.78 is 5.22. The lowest BCUT2D eigenvalue weighted by Gasteiger charge is -2.04. The predicted octanol–water partition coefficient (Wildman–Crippen LogP) is 6.20. The topological polar surface area (TPSA) is 26.3 Å². The molecule has 0 saturated heterocycles. The van der Waals surface area contributed by atoms with E-state index >= 15 is 0 Å². The van der Waals surface area contributed by atoms with E-state index in [0.717, 1.165) is 12.8 Å². The van der Waals surface area contributed by atoms with Crippen molar-refractivity contribution in [2.45, 2.75) is 97.3 Å². The molecule has 0 aliphatic carbocycles. The molecule has 0 aromatic rings. The summed E-state index contributed by atoms with van der Waals surface area (Å²) in [5.74, 6) is -0.0812. The second-order valence-corrected chi connectivity index (χ2v) is 5.87. The quantitative estimate of drug-likeness (QED) is 0.204. The smallest absolute Gasteiger partial charge is 0.309 e. The summed E-state index contributed by atoms with van der Waals surface area (Å²) >= 11 is 0. The molecule has 0 rings (SSSR count). The molecule has 21 heavy (non-hydrogen) atoms. The largest absolute Gasteiger partial charge is 0.465 e. The highest BCUT2D eigenvalue weighted by molar-refractivity contribution is 5.71. The molecule has 0 N–H and O–H groups in total. The normalized spacial score (nSPS) is 11.1. The lowest BCUT2D eigenvalue weighted by atomic mass is 10.1. The predicted molar refractivity (Wildman–Crippen MR) is 91.5 cm³/mol. The molecule has 0 aliphatic rings. The van der Waals surface area contributed by atoms with Crippen LogP contribution in [0.1, 0.15) is 97.3 Å². The Morgan fingerprint density at radius 2 is 1.33 bits per heavy atom. The van der Waals surface area contributed by atoms with E-state index in [0.29, 0.717) is 13.0 Å². The summed E-state index contributed by atoms with van der Waals surface area (Å²) in [6, 6.07) is 0. The zero-order valence-electron chi connectivity index (χ0n) is 14.4. The molecule has 0 aromatic carbocycles. The molecule has 2 heteroatoms. The standard InChI is InChI=1S/C19H36O2/c1-3-5-7-9-10-11-12-14-16-18-21-19(20)17-15-13-8-6-4-2/h13,15H,3-12,14,16-18H2,1-2H3/b15-13+. The van der Waals surface area contributed by atoms with E-state index in [9.17, 15) is 4.79 Å². The summed E-state index contributed by atoms with van der Waals surface area (Å²) in [5.41, 5.74) is 0. The minimum Gasteiger partial charge on any atom is -0.465 e. The lowest BCUT2D eigenvalue weighted by molar-refractivity contribution is -0.142. The Balaban J connectivity index is 3.19. The van der Waals surface area contributed by atoms with Gasteiger partial charge in [0.1, 0.15) is 0 Å². The van der Waals surface area contributed by atoms with Gasteiger partial charge < -0.3 is 4.74 Å². The van der Waals surface area contributed by atoms with E-state index in [4.69, 9.17) is 4.74 Å². The van der Waals surface area contributed by atoms with Crippen LogP contribution in [0, 0.1) is 0 Å². The van der Waals surface area contributed by atoms with Crippen LogP contribution in [0.25, 0.3) is 0 Å². The highest BCUT2D eigenvalue weighted by atomic mass is 16.5. The third-order valence-electron chi connectivity index (χ3n) is 3.69. The van der Waals surface area contributed by atoms with Crippen LogP contribution in [-0.4, -0.2) is 12.6 Å². The molecule has 0 fully saturated rings. The average molecular weight is 296 g/mol. The van der Waals surface area contributed by atoms with Crippen molar-refractivity contribution in [3.63, 3.8) is 0 Å². The van der Waals surface area contributed by atoms with Crippen LogP contribution >= 0.6 is 0 Å². The van der Waals surface area contributed by atoms with E-state index in [1.54, 1.807) is 0 Å². The number of carbonyl (C=O) groups is 1. The van der Waals surface area contributed by atoms with Crippen LogP contribution in [0.15, 0.2) is 12.2 Å². The first-order valence-electron chi connectivity index (χ1n) is 9.11. The molecule has 0 radical (unpaired) electrons. The summed E-state index contributed by atoms with van der Waals surface area (Å²) in [7, 11) is 0. The number of unbranched alkanes of at least 4 members (excludes halogenated alkanes) is 10. The molecular formula is C19H36O2. The molecule has 0 saturated carbocycles. The number of ether oxygens (including phenoxy) is 1. The maximum absolute atomic E-state index is 11.4. The Bertz CT molecular complexity index is 246. The number of allylic oxidation sites excluding steroid dienone is 1. The minimum atomic E-state index is -0.0812. The molecule has 0 aromatic heterocycles. The van der Waals surface area contributed by atoms with Crippen LogP contribution in [0.5, 0.6) is 0 Å². The van der Waals surface area contributed by atoms with Crippen molar-refractivity contribution in [3.8, 4) is 0 Å². The van der Waals surface area contributed by atoms with Crippen LogP contribution in [0.3, 0.4) is 0 Å². The van der Waals surface area contributed by atoms with Gasteiger partial charge in [0.15, 0.2) is 0 Å². The van der Waals surface area contributed by atoms with Gasteiger partial charge in [0.25, 0.3) is 0 Å². The highest BCUT2D eigenvalue weighted by Gasteiger charge is 1.99. The van der Waals surface area contributed by atoms with Gasteiger partial charge in [-0.2, -0.15) is 0 Å². The van der Waals surface area contributed by atoms with Gasteiger partial charge in [-0.25, -0.2) is 0 Å². The lowest BCUT2D eigenvalue weighted by Crippen LogP contribution is -2.04. The van der Waals surface area contributed by atoms with Crippen molar-refractivity contribution in [1.29, 1.82) is 0 Å². The molecule has 0 unspecified atom stereocenters. The summed E-state index contributed by atoms with van der Waals surface area (Å²) in [5, 5.41) is 0. The van der Waals surface area contributed by atoms with Crippen molar-refractivity contribution in [1.82, 2.24) is 0 Å². The monoisotopic (exact) mass is 296 g/mol. The van der Waals surface area contributed by atoms with Gasteiger partial charge in [0.2, 0.25) is 0 Å². The van der Waals surface area contributed by atoms with Crippen molar-refractivity contribution in [2.75, 3.05) is 6.61 Å². The molecule has 0 amide bonds. The van der Waals surface area contributed by atoms with Crippen LogP contribution in [0.2, 0.25) is 0 Å². The first kappa shape index (κ1) is 20.2. The maximum atomic E-state index is 11.4. The number of hydrogen-bond donors (Lipinski definition) is 0. The highest BCUT2D eigenvalue weighted by Crippen LogP contribution is 2.09. The average Bonchev–Trinajstić information content (AvgIpc) is 2.49. The van der Waals surface area contributed by atoms with E-state index in [1.807, 2.05) is 6.08 Å². The SMILES string of the molecule is CCCC/C=C/CC(=O)OCCCCCCCCCCC. The molecule has 0 spiro atoms. The van der Waals surface area contributed by atoms with E-state index in [1.165, 1.54) is 64.2 Å². The Kier molecular flexibility index (Phi) is 16.6. The van der Waals surface area contributed by atoms with Crippen molar-refractivity contribution < 1.29 is 9.53 Å². The summed E-state index contributed by atoms with van der Waals surface area (Å²) in [4.78, 5) is 11.4. The van der Waals surface area contributed by atoms with Crippen molar-refractivity contribution in [2.24, 2.45) is 0 Å². The molecule has 124 valence electrons. The second kappa shape index (κ2) is 17.3. The van der Waals surface area contributed by atoms with E-state index in [2.05, 4.69) is 19.9 Å². The fraction of sp³-hybridized carbons (Fsp3) is 0.842. The molecule has 0 aliphatic heterocycles. The first-order valence-corrected chi connectivity index (χ1v) is 9.11. The van der Waals surface area contributed by atoms with Gasteiger partial charge in [0.05, 0.1) is 13.0 Å². The first-order chi connectivity index (χ1) is 10.3. The van der Waals surface area contributed by atoms with Crippen molar-refractivity contribution in [3.05, 3.63) is 12.2 Å². The van der Waals surface area contributed by atoms with Crippen LogP contribution in [0.4, 0.5) is 0 Å². The zero-order chi connectivity index (χ0) is 15.6. The third kappa shape index (κ3) is 17.2. The Morgan fingerprint density at radius 3 is 1.95 bits per heavy atom. The number of esters is 1. The zero-order valence-corrected chi connectivity index (χ0v) is 14.4. The van der Waals surface area contributed by atoms with Crippen LogP contribution in [-0.2, 0) is 9.53 Å². The molecular weight excluding hydrogens is 260 g/mol. The molecule has 0 atom stereocenters. The second-order valence-electron chi connectivity index (χ2n) is 5.87. The molecule has 0 bridgehead atoms. The number of rotatable bonds is 15. The molecule has 0 heterocycles. The van der Waals surface area contributed by atoms with E-state index < -0.39 is 0 Å². The minimum absolute atomic E-state index is 0.0812. The Morgan fingerprint density at radius 1 is 0.762 bits per heavy atom. The van der Waals surface area contributed by atoms with Gasteiger partial charge in [-0.05, 0) is 12.8 Å². The van der Waals surface area contributed by atoms with Crippen LogP contribution < -0.4 is 0 Å². The fourth-order valence-corrected chi connectivity index (χ4v) is 2.28. The van der Waals surface area contributed by atoms with Crippen molar-refractivity contribution >= 4 is 5.97 Å². The summed E-state index contributed by atoms with van der Waals surface area (Å²) in [6.45, 7) is 5.02. The van der Waals surface area contributed by atoms with Gasteiger partial charge in [-0.3, -0.25) is 4.79 Å². The van der Waals surface area contributed by atoms with Gasteiger partial charge in [-0.1, -0.05) is 90.2 Å². The Hall–Kier alpha value is -0.790. The maximum Gasteiger partial charge on any atom is 0.309 e. The Labute approximate surface area is 132 Å². The summed E-state index contributed by atoms with van der Waals surface area (Å²) in [6.07, 6.45) is 19.6. The van der Waals surface area contributed by atoms with Gasteiger partial charge in [0, 0.05) is 0 Å². The fourth-order valence-electron chi connectivity index (χ4n) is 2.28. The van der Waals surface area contributed by atoms with Gasteiger partial charge >= 0.3 is 5.97 Å². The number of hydrogen-bond acceptors (Lipinski definition) is 2. The van der Waals surface area contributed by atoms with E-state index in [-0.39, 0.29) is 5.97 Å².